The molecular weight excluding hydrogens is 523 g/mol. The Hall–Kier alpha value is -2.37. The Morgan fingerprint density at radius 1 is 0.973 bits per heavy atom. The van der Waals surface area contributed by atoms with Gasteiger partial charge in [-0.05, 0) is 48.7 Å². The van der Waals surface area contributed by atoms with Crippen LogP contribution < -0.4 is 10.2 Å². The molecule has 8 heteroatoms. The SMILES string of the molecule is CN1/C(=C\[P@](=NS(=O)(=O)c2ccc(Cl)cc2)(OC2CCCC2)c2ccccc2)C(C)(C)c2ccccc21. The molecule has 0 spiro atoms. The number of rotatable bonds is 6. The summed E-state index contributed by atoms with van der Waals surface area (Å²) in [5.41, 5.74) is 2.92. The fourth-order valence-electron chi connectivity index (χ4n) is 5.33. The first-order valence-corrected chi connectivity index (χ1v) is 16.1. The van der Waals surface area contributed by atoms with Gasteiger partial charge in [-0.2, -0.15) is 8.42 Å². The number of benzene rings is 3. The Morgan fingerprint density at radius 3 is 2.24 bits per heavy atom. The van der Waals surface area contributed by atoms with Gasteiger partial charge >= 0.3 is 0 Å². The van der Waals surface area contributed by atoms with Gasteiger partial charge in [0, 0.05) is 40.0 Å². The smallest absolute Gasteiger partial charge is 0.283 e. The predicted molar refractivity (Wildman–Crippen MR) is 153 cm³/mol. The van der Waals surface area contributed by atoms with Crippen LogP contribution in [0, 0.1) is 0 Å². The summed E-state index contributed by atoms with van der Waals surface area (Å²) in [4.78, 5) is 2.25. The van der Waals surface area contributed by atoms with Crippen LogP contribution in [0.5, 0.6) is 0 Å². The molecule has 0 amide bonds. The van der Waals surface area contributed by atoms with E-state index in [1.54, 1.807) is 12.1 Å². The molecule has 1 atom stereocenters. The Morgan fingerprint density at radius 2 is 1.59 bits per heavy atom. The quantitative estimate of drug-likeness (QED) is 0.293. The molecule has 0 unspecified atom stereocenters. The lowest BCUT2D eigenvalue weighted by atomic mass is 9.84. The van der Waals surface area contributed by atoms with E-state index in [0.717, 1.165) is 42.4 Å². The highest BCUT2D eigenvalue weighted by Crippen LogP contribution is 2.59. The maximum atomic E-state index is 13.8. The highest BCUT2D eigenvalue weighted by atomic mass is 35.5. The second-order valence-corrected chi connectivity index (χ2v) is 14.9. The first-order chi connectivity index (χ1) is 17.6. The van der Waals surface area contributed by atoms with Gasteiger partial charge in [-0.1, -0.05) is 86.8 Å². The fourth-order valence-corrected chi connectivity index (χ4v) is 10.7. The van der Waals surface area contributed by atoms with Crippen LogP contribution in [0.4, 0.5) is 5.69 Å². The number of allylic oxidation sites excluding steroid dienone is 1. The van der Waals surface area contributed by atoms with E-state index in [-0.39, 0.29) is 16.4 Å². The molecule has 1 saturated carbocycles. The van der Waals surface area contributed by atoms with Crippen molar-refractivity contribution in [1.82, 2.24) is 0 Å². The molecule has 0 aromatic heterocycles. The number of likely N-dealkylation sites (N-methyl/N-ethyl adjacent to an activating group) is 1. The summed E-state index contributed by atoms with van der Waals surface area (Å²) < 4.78 is 39.3. The van der Waals surface area contributed by atoms with E-state index in [4.69, 9.17) is 20.3 Å². The molecule has 37 heavy (non-hydrogen) atoms. The topological polar surface area (TPSA) is 59.0 Å². The van der Waals surface area contributed by atoms with Crippen molar-refractivity contribution in [2.24, 2.45) is 4.15 Å². The second-order valence-electron chi connectivity index (χ2n) is 10.2. The van der Waals surface area contributed by atoms with Crippen LogP contribution in [-0.4, -0.2) is 21.6 Å². The molecule has 5 rings (SSSR count). The largest absolute Gasteiger partial charge is 0.347 e. The van der Waals surface area contributed by atoms with Crippen molar-refractivity contribution in [2.75, 3.05) is 11.9 Å². The number of hydrogen-bond donors (Lipinski definition) is 0. The van der Waals surface area contributed by atoms with E-state index < -0.39 is 17.3 Å². The van der Waals surface area contributed by atoms with E-state index in [2.05, 4.69) is 30.9 Å². The maximum absolute atomic E-state index is 13.8. The zero-order valence-electron chi connectivity index (χ0n) is 21.3. The van der Waals surface area contributed by atoms with Crippen LogP contribution in [-0.2, 0) is 20.0 Å². The van der Waals surface area contributed by atoms with Crippen LogP contribution in [0.25, 0.3) is 0 Å². The van der Waals surface area contributed by atoms with Crippen molar-refractivity contribution in [3.8, 4) is 0 Å². The Kier molecular flexibility index (Phi) is 7.14. The molecular formula is C29H32ClN2O3PS. The first kappa shape index (κ1) is 26.2. The molecule has 2 aliphatic rings. The summed E-state index contributed by atoms with van der Waals surface area (Å²) >= 11 is 6.05. The number of para-hydroxylation sites is 1. The number of halogens is 1. The van der Waals surface area contributed by atoms with E-state index in [9.17, 15) is 8.42 Å². The van der Waals surface area contributed by atoms with Crippen molar-refractivity contribution in [3.05, 3.63) is 101 Å². The van der Waals surface area contributed by atoms with Gasteiger partial charge in [-0.15, -0.1) is 4.15 Å². The molecule has 3 aromatic carbocycles. The summed E-state index contributed by atoms with van der Waals surface area (Å²) in [7, 11) is -5.22. The molecule has 0 saturated heterocycles. The van der Waals surface area contributed by atoms with Crippen LogP contribution in [0.3, 0.4) is 0 Å². The number of nitrogens with zero attached hydrogens (tertiary/aromatic N) is 2. The standard InChI is InChI=1S/C29H32ClN2O3PS/c1-29(2)26-15-9-10-16-27(26)32(3)28(29)21-36(24-13-5-4-6-14-24,35-23-11-7-8-12-23)31-37(33,34)25-19-17-22(30)18-20-25/h4-6,9-10,13-21,23H,7-8,11-12H2,1-3H3/b28-21-/t36-/m0/s1. The lowest BCUT2D eigenvalue weighted by molar-refractivity contribution is 0.236. The van der Waals surface area contributed by atoms with E-state index in [1.165, 1.54) is 17.7 Å². The summed E-state index contributed by atoms with van der Waals surface area (Å²) in [5.74, 6) is 2.04. The Labute approximate surface area is 225 Å². The minimum Gasteiger partial charge on any atom is -0.347 e. The summed E-state index contributed by atoms with van der Waals surface area (Å²) in [5, 5.41) is 1.26. The van der Waals surface area contributed by atoms with Gasteiger partial charge in [-0.25, -0.2) is 0 Å². The molecule has 3 aromatic rings. The molecule has 1 aliphatic heterocycles. The lowest BCUT2D eigenvalue weighted by Crippen LogP contribution is -2.24. The van der Waals surface area contributed by atoms with Gasteiger partial charge in [-0.3, -0.25) is 0 Å². The summed E-state index contributed by atoms with van der Waals surface area (Å²) in [6.07, 6.45) is 3.88. The fraction of sp³-hybridized carbons (Fsp3) is 0.310. The molecule has 1 aliphatic carbocycles. The van der Waals surface area contributed by atoms with Gasteiger partial charge in [0.15, 0.2) is 7.28 Å². The highest BCUT2D eigenvalue weighted by molar-refractivity contribution is 7.95. The van der Waals surface area contributed by atoms with Crippen molar-refractivity contribution < 1.29 is 12.9 Å². The number of sulfonamides is 1. The molecule has 0 radical (unpaired) electrons. The van der Waals surface area contributed by atoms with Crippen molar-refractivity contribution in [2.45, 2.75) is 55.9 Å². The third kappa shape index (κ3) is 5.05. The van der Waals surface area contributed by atoms with E-state index in [1.807, 2.05) is 55.3 Å². The summed E-state index contributed by atoms with van der Waals surface area (Å²) in [6, 6.07) is 24.1. The minimum absolute atomic E-state index is 0.0493. The average molecular weight is 555 g/mol. The Bertz CT molecular complexity index is 1480. The van der Waals surface area contributed by atoms with Gasteiger partial charge < -0.3 is 9.42 Å². The van der Waals surface area contributed by atoms with Gasteiger partial charge in [0.05, 0.1) is 11.0 Å². The zero-order chi connectivity index (χ0) is 26.3. The maximum Gasteiger partial charge on any atom is 0.283 e. The predicted octanol–water partition coefficient (Wildman–Crippen LogP) is 7.70. The number of fused-ring (bicyclic) bond motifs is 1. The normalized spacial score (nSPS) is 20.1. The van der Waals surface area contributed by atoms with Crippen LogP contribution >= 0.6 is 18.9 Å². The average Bonchev–Trinajstić information content (AvgIpc) is 3.46. The second kappa shape index (κ2) is 10.1. The molecule has 0 bridgehead atoms. The van der Waals surface area contributed by atoms with Gasteiger partial charge in [0.1, 0.15) is 0 Å². The van der Waals surface area contributed by atoms with Crippen molar-refractivity contribution in [1.29, 1.82) is 0 Å². The minimum atomic E-state index is -4.06. The van der Waals surface area contributed by atoms with Crippen LogP contribution in [0.2, 0.25) is 5.02 Å². The van der Waals surface area contributed by atoms with Crippen LogP contribution in [0.15, 0.2) is 99.4 Å². The van der Waals surface area contributed by atoms with Crippen molar-refractivity contribution >= 4 is 39.9 Å². The first-order valence-electron chi connectivity index (χ1n) is 12.6. The van der Waals surface area contributed by atoms with Gasteiger partial charge in [0.2, 0.25) is 0 Å². The van der Waals surface area contributed by atoms with Crippen LogP contribution in [0.1, 0.15) is 45.1 Å². The Balaban J connectivity index is 1.79. The number of hydrogen-bond acceptors (Lipinski definition) is 4. The third-order valence-electron chi connectivity index (χ3n) is 7.32. The van der Waals surface area contributed by atoms with E-state index in [0.29, 0.717) is 5.02 Å². The molecule has 5 nitrogen and oxygen atoms in total. The zero-order valence-corrected chi connectivity index (χ0v) is 23.8. The molecule has 1 fully saturated rings. The monoisotopic (exact) mass is 554 g/mol. The molecule has 1 heterocycles. The van der Waals surface area contributed by atoms with E-state index >= 15 is 0 Å². The third-order valence-corrected chi connectivity index (χ3v) is 12.5. The number of anilines is 1. The van der Waals surface area contributed by atoms with Gasteiger partial charge in [0.25, 0.3) is 10.0 Å². The molecule has 0 N–H and O–H groups in total. The highest BCUT2D eigenvalue weighted by Gasteiger charge is 2.41. The molecule has 194 valence electrons. The van der Waals surface area contributed by atoms with Crippen molar-refractivity contribution in [3.63, 3.8) is 0 Å². The lowest BCUT2D eigenvalue weighted by Gasteiger charge is -2.30. The summed E-state index contributed by atoms with van der Waals surface area (Å²) in [6.45, 7) is 4.34.